The van der Waals surface area contributed by atoms with E-state index in [-0.39, 0.29) is 13.1 Å². The van der Waals surface area contributed by atoms with Gasteiger partial charge < -0.3 is 14.8 Å². The Labute approximate surface area is 144 Å². The number of benzene rings is 1. The zero-order chi connectivity index (χ0) is 18.4. The molecule has 1 aromatic rings. The molecule has 1 rings (SSSR count). The summed E-state index contributed by atoms with van der Waals surface area (Å²) in [6.45, 7) is 7.93. The highest BCUT2D eigenvalue weighted by Crippen LogP contribution is 2.21. The molecular formula is C16H26N2O5S. The molecule has 1 amide bonds. The number of ether oxygens (including phenoxy) is 2. The lowest BCUT2D eigenvalue weighted by Crippen LogP contribution is -2.40. The van der Waals surface area contributed by atoms with Crippen LogP contribution in [0, 0.1) is 0 Å². The van der Waals surface area contributed by atoms with Gasteiger partial charge in [-0.05, 0) is 52.0 Å². The standard InChI is InChI=1S/C16H26N2O5S/c1-6-22-14-9-7-13(8-10-14)18(24(5,20)21)12-11-17-15(19)23-16(2,3)4/h7-10H,6,11-12H2,1-5H3,(H,17,19). The smallest absolute Gasteiger partial charge is 0.407 e. The van der Waals surface area contributed by atoms with Crippen LogP contribution in [0.2, 0.25) is 0 Å². The number of hydrogen-bond donors (Lipinski definition) is 1. The van der Waals surface area contributed by atoms with Crippen molar-refractivity contribution in [3.63, 3.8) is 0 Å². The molecule has 0 spiro atoms. The topological polar surface area (TPSA) is 84.9 Å². The van der Waals surface area contributed by atoms with Crippen molar-refractivity contribution in [2.45, 2.75) is 33.3 Å². The zero-order valence-corrected chi connectivity index (χ0v) is 15.6. The van der Waals surface area contributed by atoms with Crippen LogP contribution < -0.4 is 14.4 Å². The Kier molecular flexibility index (Phi) is 6.89. The number of hydrogen-bond acceptors (Lipinski definition) is 5. The number of rotatable bonds is 7. The highest BCUT2D eigenvalue weighted by atomic mass is 32.2. The first-order chi connectivity index (χ1) is 11.0. The van der Waals surface area contributed by atoms with Crippen LogP contribution in [0.4, 0.5) is 10.5 Å². The fraction of sp³-hybridized carbons (Fsp3) is 0.562. The van der Waals surface area contributed by atoms with E-state index in [1.54, 1.807) is 45.0 Å². The van der Waals surface area contributed by atoms with Gasteiger partial charge in [0, 0.05) is 6.54 Å². The molecule has 0 aliphatic carbocycles. The molecule has 0 unspecified atom stereocenters. The second-order valence-electron chi connectivity index (χ2n) is 6.19. The maximum atomic E-state index is 12.0. The highest BCUT2D eigenvalue weighted by molar-refractivity contribution is 7.92. The summed E-state index contributed by atoms with van der Waals surface area (Å²) >= 11 is 0. The van der Waals surface area contributed by atoms with E-state index in [1.165, 1.54) is 4.31 Å². The molecule has 0 aliphatic heterocycles. The second-order valence-corrected chi connectivity index (χ2v) is 8.10. The van der Waals surface area contributed by atoms with Gasteiger partial charge in [0.05, 0.1) is 25.1 Å². The SMILES string of the molecule is CCOc1ccc(N(CCNC(=O)OC(C)(C)C)S(C)(=O)=O)cc1. The minimum atomic E-state index is -3.48. The van der Waals surface area contributed by atoms with Crippen LogP contribution >= 0.6 is 0 Å². The third-order valence-electron chi connectivity index (χ3n) is 2.82. The van der Waals surface area contributed by atoms with Crippen molar-refractivity contribution >= 4 is 21.8 Å². The Morgan fingerprint density at radius 2 is 1.79 bits per heavy atom. The van der Waals surface area contributed by atoms with Crippen molar-refractivity contribution in [3.05, 3.63) is 24.3 Å². The van der Waals surface area contributed by atoms with Crippen LogP contribution in [0.5, 0.6) is 5.75 Å². The molecule has 136 valence electrons. The zero-order valence-electron chi connectivity index (χ0n) is 14.8. The number of carbonyl (C=O) groups is 1. The van der Waals surface area contributed by atoms with Gasteiger partial charge in [-0.3, -0.25) is 4.31 Å². The first-order valence-corrected chi connectivity index (χ1v) is 9.55. The summed E-state index contributed by atoms with van der Waals surface area (Å²) in [6.07, 6.45) is 0.541. The number of carbonyl (C=O) groups excluding carboxylic acids is 1. The van der Waals surface area contributed by atoms with Gasteiger partial charge in [-0.15, -0.1) is 0 Å². The van der Waals surface area contributed by atoms with Crippen molar-refractivity contribution in [2.24, 2.45) is 0 Å². The minimum Gasteiger partial charge on any atom is -0.494 e. The van der Waals surface area contributed by atoms with Gasteiger partial charge in [0.2, 0.25) is 10.0 Å². The summed E-state index contributed by atoms with van der Waals surface area (Å²) < 4.78 is 35.7. The van der Waals surface area contributed by atoms with E-state index >= 15 is 0 Å². The Bertz CT molecular complexity index is 635. The number of nitrogens with one attached hydrogen (secondary N) is 1. The predicted octanol–water partition coefficient (Wildman–Crippen LogP) is 2.38. The number of anilines is 1. The first-order valence-electron chi connectivity index (χ1n) is 7.70. The summed E-state index contributed by atoms with van der Waals surface area (Å²) in [5.41, 5.74) is -0.0950. The van der Waals surface area contributed by atoms with Gasteiger partial charge in [0.1, 0.15) is 11.4 Å². The van der Waals surface area contributed by atoms with E-state index in [1.807, 2.05) is 6.92 Å². The maximum absolute atomic E-state index is 12.0. The van der Waals surface area contributed by atoms with Crippen LogP contribution in [0.1, 0.15) is 27.7 Å². The van der Waals surface area contributed by atoms with E-state index in [0.717, 1.165) is 6.26 Å². The third kappa shape index (κ3) is 7.08. The van der Waals surface area contributed by atoms with Crippen LogP contribution in [-0.4, -0.2) is 46.1 Å². The van der Waals surface area contributed by atoms with Gasteiger partial charge in [0.15, 0.2) is 0 Å². The van der Waals surface area contributed by atoms with Crippen LogP contribution in [0.3, 0.4) is 0 Å². The second kappa shape index (κ2) is 8.23. The van der Waals surface area contributed by atoms with Gasteiger partial charge >= 0.3 is 6.09 Å². The largest absolute Gasteiger partial charge is 0.494 e. The van der Waals surface area contributed by atoms with Gasteiger partial charge in [-0.25, -0.2) is 13.2 Å². The number of alkyl carbamates (subject to hydrolysis) is 1. The predicted molar refractivity (Wildman–Crippen MR) is 94.0 cm³/mol. The first kappa shape index (κ1) is 20.1. The molecule has 8 heteroatoms. The molecule has 7 nitrogen and oxygen atoms in total. The summed E-state index contributed by atoms with van der Waals surface area (Å²) in [4.78, 5) is 11.6. The molecule has 1 N–H and O–H groups in total. The van der Waals surface area contributed by atoms with Crippen molar-refractivity contribution < 1.29 is 22.7 Å². The van der Waals surface area contributed by atoms with Crippen LogP contribution in [0.15, 0.2) is 24.3 Å². The van der Waals surface area contributed by atoms with Gasteiger partial charge in [-0.2, -0.15) is 0 Å². The van der Waals surface area contributed by atoms with Gasteiger partial charge in [0.25, 0.3) is 0 Å². The average molecular weight is 358 g/mol. The fourth-order valence-electron chi connectivity index (χ4n) is 1.94. The molecule has 0 aliphatic rings. The number of sulfonamides is 1. The minimum absolute atomic E-state index is 0.103. The monoisotopic (exact) mass is 358 g/mol. The molecule has 0 atom stereocenters. The molecule has 0 fully saturated rings. The van der Waals surface area contributed by atoms with E-state index < -0.39 is 21.7 Å². The molecule has 0 aromatic heterocycles. The van der Waals surface area contributed by atoms with E-state index in [2.05, 4.69) is 5.32 Å². The summed E-state index contributed by atoms with van der Waals surface area (Å²) in [6, 6.07) is 6.75. The molecule has 0 radical (unpaired) electrons. The summed E-state index contributed by atoms with van der Waals surface area (Å²) in [7, 11) is -3.48. The van der Waals surface area contributed by atoms with Gasteiger partial charge in [-0.1, -0.05) is 0 Å². The molecule has 0 bridgehead atoms. The van der Waals surface area contributed by atoms with Crippen molar-refractivity contribution in [2.75, 3.05) is 30.3 Å². The van der Waals surface area contributed by atoms with Crippen LogP contribution in [0.25, 0.3) is 0 Å². The maximum Gasteiger partial charge on any atom is 0.407 e. The highest BCUT2D eigenvalue weighted by Gasteiger charge is 2.19. The third-order valence-corrected chi connectivity index (χ3v) is 4.01. The summed E-state index contributed by atoms with van der Waals surface area (Å²) in [5.74, 6) is 0.668. The Morgan fingerprint density at radius 1 is 1.21 bits per heavy atom. The molecule has 0 saturated heterocycles. The van der Waals surface area contributed by atoms with Crippen molar-refractivity contribution in [1.29, 1.82) is 0 Å². The Hall–Kier alpha value is -1.96. The molecule has 1 aromatic carbocycles. The number of amides is 1. The fourth-order valence-corrected chi connectivity index (χ4v) is 2.86. The molecule has 0 saturated carbocycles. The Balaban J connectivity index is 2.72. The van der Waals surface area contributed by atoms with E-state index in [0.29, 0.717) is 18.0 Å². The molecular weight excluding hydrogens is 332 g/mol. The normalized spacial score (nSPS) is 11.7. The molecule has 0 heterocycles. The van der Waals surface area contributed by atoms with Crippen LogP contribution in [-0.2, 0) is 14.8 Å². The number of nitrogens with zero attached hydrogens (tertiary/aromatic N) is 1. The van der Waals surface area contributed by atoms with E-state index in [9.17, 15) is 13.2 Å². The Morgan fingerprint density at radius 3 is 2.25 bits per heavy atom. The lowest BCUT2D eigenvalue weighted by atomic mass is 10.2. The van der Waals surface area contributed by atoms with Crippen molar-refractivity contribution in [3.8, 4) is 5.75 Å². The average Bonchev–Trinajstić information content (AvgIpc) is 2.42. The quantitative estimate of drug-likeness (QED) is 0.809. The summed E-state index contributed by atoms with van der Waals surface area (Å²) in [5, 5.41) is 2.55. The van der Waals surface area contributed by atoms with E-state index in [4.69, 9.17) is 9.47 Å². The van der Waals surface area contributed by atoms with Crippen molar-refractivity contribution in [1.82, 2.24) is 5.32 Å². The lowest BCUT2D eigenvalue weighted by molar-refractivity contribution is 0.0529. The lowest BCUT2D eigenvalue weighted by Gasteiger charge is -2.24. The molecule has 24 heavy (non-hydrogen) atoms.